The number of para-hydroxylation sites is 1. The summed E-state index contributed by atoms with van der Waals surface area (Å²) in [5, 5.41) is 2.98. The van der Waals surface area contributed by atoms with Crippen LogP contribution in [-0.2, 0) is 6.54 Å². The number of carbonyl (C=O) groups is 1. The Balaban J connectivity index is 1.81. The van der Waals surface area contributed by atoms with Crippen molar-refractivity contribution in [3.8, 4) is 16.9 Å². The van der Waals surface area contributed by atoms with E-state index in [-0.39, 0.29) is 5.91 Å². The lowest BCUT2D eigenvalue weighted by Crippen LogP contribution is -2.23. The zero-order valence-corrected chi connectivity index (χ0v) is 13.5. The molecule has 3 heteroatoms. The normalized spacial score (nSPS) is 10.2. The predicted octanol–water partition coefficient (Wildman–Crippen LogP) is 4.29. The van der Waals surface area contributed by atoms with E-state index in [1.54, 1.807) is 7.11 Å². The highest BCUT2D eigenvalue weighted by Gasteiger charge is 2.12. The van der Waals surface area contributed by atoms with Crippen LogP contribution in [0.1, 0.15) is 15.9 Å². The van der Waals surface area contributed by atoms with Crippen molar-refractivity contribution in [2.24, 2.45) is 0 Å². The van der Waals surface area contributed by atoms with Crippen molar-refractivity contribution in [2.45, 2.75) is 6.54 Å². The molecule has 0 aliphatic heterocycles. The van der Waals surface area contributed by atoms with E-state index in [0.29, 0.717) is 12.1 Å². The zero-order valence-electron chi connectivity index (χ0n) is 13.5. The van der Waals surface area contributed by atoms with Crippen LogP contribution in [0, 0.1) is 0 Å². The molecule has 0 saturated heterocycles. The van der Waals surface area contributed by atoms with E-state index in [1.807, 2.05) is 78.9 Å². The molecule has 3 aromatic carbocycles. The van der Waals surface area contributed by atoms with Crippen LogP contribution in [0.15, 0.2) is 78.9 Å². The standard InChI is InChI=1S/C21H19NO2/c1-24-20-14-8-5-11-17(20)15-22-21(23)19-13-7-6-12-18(19)16-9-3-2-4-10-16/h2-14H,15H2,1H3,(H,22,23). The van der Waals surface area contributed by atoms with Crippen molar-refractivity contribution in [2.75, 3.05) is 7.11 Å². The van der Waals surface area contributed by atoms with Gasteiger partial charge in [-0.1, -0.05) is 66.7 Å². The second-order valence-corrected chi connectivity index (χ2v) is 5.41. The molecule has 3 nitrogen and oxygen atoms in total. The number of ether oxygens (including phenoxy) is 1. The van der Waals surface area contributed by atoms with Gasteiger partial charge in [-0.15, -0.1) is 0 Å². The third kappa shape index (κ3) is 3.46. The summed E-state index contributed by atoms with van der Waals surface area (Å²) in [4.78, 5) is 12.7. The van der Waals surface area contributed by atoms with Crippen LogP contribution in [0.25, 0.3) is 11.1 Å². The van der Waals surface area contributed by atoms with Gasteiger partial charge in [0.25, 0.3) is 5.91 Å². The van der Waals surface area contributed by atoms with E-state index in [2.05, 4.69) is 5.32 Å². The maximum Gasteiger partial charge on any atom is 0.252 e. The third-order valence-electron chi connectivity index (χ3n) is 3.89. The van der Waals surface area contributed by atoms with Crippen LogP contribution >= 0.6 is 0 Å². The van der Waals surface area contributed by atoms with Gasteiger partial charge in [-0.2, -0.15) is 0 Å². The molecule has 0 radical (unpaired) electrons. The van der Waals surface area contributed by atoms with Gasteiger partial charge in [-0.05, 0) is 23.3 Å². The number of amides is 1. The number of carbonyl (C=O) groups excluding carboxylic acids is 1. The first-order valence-electron chi connectivity index (χ1n) is 7.84. The maximum atomic E-state index is 12.7. The van der Waals surface area contributed by atoms with Crippen LogP contribution < -0.4 is 10.1 Å². The average molecular weight is 317 g/mol. The van der Waals surface area contributed by atoms with E-state index in [1.165, 1.54) is 0 Å². The fourth-order valence-electron chi connectivity index (χ4n) is 2.67. The first-order valence-corrected chi connectivity index (χ1v) is 7.84. The summed E-state index contributed by atoms with van der Waals surface area (Å²) in [7, 11) is 1.63. The largest absolute Gasteiger partial charge is 0.496 e. The Morgan fingerprint density at radius 1 is 0.875 bits per heavy atom. The molecule has 0 bridgehead atoms. The lowest BCUT2D eigenvalue weighted by Gasteiger charge is -2.12. The molecule has 0 atom stereocenters. The van der Waals surface area contributed by atoms with E-state index < -0.39 is 0 Å². The Morgan fingerprint density at radius 2 is 1.54 bits per heavy atom. The van der Waals surface area contributed by atoms with Gasteiger partial charge in [0, 0.05) is 17.7 Å². The number of benzene rings is 3. The van der Waals surface area contributed by atoms with Gasteiger partial charge in [-0.25, -0.2) is 0 Å². The minimum absolute atomic E-state index is 0.0969. The van der Waals surface area contributed by atoms with Gasteiger partial charge >= 0.3 is 0 Å². The molecular formula is C21H19NO2. The third-order valence-corrected chi connectivity index (χ3v) is 3.89. The van der Waals surface area contributed by atoms with Crippen molar-refractivity contribution in [1.82, 2.24) is 5.32 Å². The molecule has 1 amide bonds. The number of methoxy groups -OCH3 is 1. The molecule has 0 fully saturated rings. The molecule has 0 aliphatic rings. The predicted molar refractivity (Wildman–Crippen MR) is 96.0 cm³/mol. The van der Waals surface area contributed by atoms with Crippen molar-refractivity contribution in [3.05, 3.63) is 90.0 Å². The van der Waals surface area contributed by atoms with E-state index >= 15 is 0 Å². The fraction of sp³-hybridized carbons (Fsp3) is 0.0952. The molecule has 0 aliphatic carbocycles. The van der Waals surface area contributed by atoms with Crippen molar-refractivity contribution >= 4 is 5.91 Å². The Bertz CT molecular complexity index is 828. The van der Waals surface area contributed by atoms with Crippen molar-refractivity contribution < 1.29 is 9.53 Å². The smallest absolute Gasteiger partial charge is 0.252 e. The number of nitrogens with one attached hydrogen (secondary N) is 1. The first-order chi connectivity index (χ1) is 11.8. The monoisotopic (exact) mass is 317 g/mol. The van der Waals surface area contributed by atoms with Crippen LogP contribution in [0.5, 0.6) is 5.75 Å². The lowest BCUT2D eigenvalue weighted by molar-refractivity contribution is 0.0951. The Kier molecular flexibility index (Phi) is 4.92. The maximum absolute atomic E-state index is 12.7. The Morgan fingerprint density at radius 3 is 2.33 bits per heavy atom. The van der Waals surface area contributed by atoms with Gasteiger partial charge < -0.3 is 10.1 Å². The van der Waals surface area contributed by atoms with Crippen LogP contribution in [-0.4, -0.2) is 13.0 Å². The molecule has 0 unspecified atom stereocenters. The summed E-state index contributed by atoms with van der Waals surface area (Å²) >= 11 is 0. The highest BCUT2D eigenvalue weighted by Crippen LogP contribution is 2.23. The first kappa shape index (κ1) is 15.8. The molecule has 0 spiro atoms. The molecule has 3 aromatic rings. The molecule has 3 rings (SSSR count). The molecular weight excluding hydrogens is 298 g/mol. The van der Waals surface area contributed by atoms with Gasteiger partial charge in [0.2, 0.25) is 0 Å². The van der Waals surface area contributed by atoms with Crippen molar-refractivity contribution in [3.63, 3.8) is 0 Å². The average Bonchev–Trinajstić information content (AvgIpc) is 2.67. The fourth-order valence-corrected chi connectivity index (χ4v) is 2.67. The van der Waals surface area contributed by atoms with Crippen LogP contribution in [0.2, 0.25) is 0 Å². The topological polar surface area (TPSA) is 38.3 Å². The number of rotatable bonds is 5. The molecule has 0 aromatic heterocycles. The second kappa shape index (κ2) is 7.47. The van der Waals surface area contributed by atoms with Gasteiger partial charge in [0.1, 0.15) is 5.75 Å². The lowest BCUT2D eigenvalue weighted by atomic mass is 9.99. The molecule has 0 saturated carbocycles. The number of hydrogen-bond donors (Lipinski definition) is 1. The zero-order chi connectivity index (χ0) is 16.8. The quantitative estimate of drug-likeness (QED) is 0.762. The van der Waals surface area contributed by atoms with E-state index in [0.717, 1.165) is 22.4 Å². The number of hydrogen-bond acceptors (Lipinski definition) is 2. The van der Waals surface area contributed by atoms with E-state index in [9.17, 15) is 4.79 Å². The molecule has 0 heterocycles. The molecule has 24 heavy (non-hydrogen) atoms. The summed E-state index contributed by atoms with van der Waals surface area (Å²) in [6, 6.07) is 25.2. The van der Waals surface area contributed by atoms with Gasteiger partial charge in [-0.3, -0.25) is 4.79 Å². The second-order valence-electron chi connectivity index (χ2n) is 5.41. The highest BCUT2D eigenvalue weighted by molar-refractivity contribution is 6.00. The molecule has 120 valence electrons. The molecule has 1 N–H and O–H groups in total. The van der Waals surface area contributed by atoms with Crippen LogP contribution in [0.4, 0.5) is 0 Å². The Hall–Kier alpha value is -3.07. The summed E-state index contributed by atoms with van der Waals surface area (Å²) in [5.74, 6) is 0.675. The SMILES string of the molecule is COc1ccccc1CNC(=O)c1ccccc1-c1ccccc1. The van der Waals surface area contributed by atoms with Crippen LogP contribution in [0.3, 0.4) is 0 Å². The summed E-state index contributed by atoms with van der Waals surface area (Å²) in [6.07, 6.45) is 0. The highest BCUT2D eigenvalue weighted by atomic mass is 16.5. The Labute approximate surface area is 141 Å². The van der Waals surface area contributed by atoms with E-state index in [4.69, 9.17) is 4.74 Å². The van der Waals surface area contributed by atoms with Gasteiger partial charge in [0.15, 0.2) is 0 Å². The summed E-state index contributed by atoms with van der Waals surface area (Å²) in [5.41, 5.74) is 3.57. The summed E-state index contributed by atoms with van der Waals surface area (Å²) < 4.78 is 5.33. The van der Waals surface area contributed by atoms with Gasteiger partial charge in [0.05, 0.1) is 7.11 Å². The summed E-state index contributed by atoms with van der Waals surface area (Å²) in [6.45, 7) is 0.423. The van der Waals surface area contributed by atoms with Crippen molar-refractivity contribution in [1.29, 1.82) is 0 Å². The minimum atomic E-state index is -0.0969. The minimum Gasteiger partial charge on any atom is -0.496 e.